The second kappa shape index (κ2) is 12.5. The fourth-order valence-corrected chi connectivity index (χ4v) is 5.13. The number of carbonyl (C=O) groups is 3. The van der Waals surface area contributed by atoms with Crippen molar-refractivity contribution < 1.29 is 19.1 Å². The molecule has 2 amide bonds. The number of amides is 2. The van der Waals surface area contributed by atoms with Gasteiger partial charge in [-0.25, -0.2) is 14.8 Å². The standard InChI is InChI=1S/C26H31N7O4S/c1-15-22(24(35)32-20(25(36)37-3)14-28-23(34)21-10-6-12-38-21)16(2)31-26(30-15)27-11-5-8-17-7-4-9-19-18(17)13-29-33-19/h4,6-7,9,12-13,20-21H,5,8,10-11,14H2,1-3H3,(H,28,34)(H,29,33)(H,32,35)(H,27,30,31)/t20-,21?/m0/s1. The zero-order chi connectivity index (χ0) is 27.1. The number of aryl methyl sites for hydroxylation is 3. The van der Waals surface area contributed by atoms with Gasteiger partial charge in [0.2, 0.25) is 11.9 Å². The minimum absolute atomic E-state index is 0.0839. The zero-order valence-corrected chi connectivity index (χ0v) is 22.4. The van der Waals surface area contributed by atoms with Crippen LogP contribution in [0.15, 0.2) is 35.9 Å². The molecule has 0 fully saturated rings. The third kappa shape index (κ3) is 6.49. The van der Waals surface area contributed by atoms with Gasteiger partial charge in [-0.3, -0.25) is 14.7 Å². The Hall–Kier alpha value is -3.93. The van der Waals surface area contributed by atoms with Gasteiger partial charge in [-0.05, 0) is 50.1 Å². The summed E-state index contributed by atoms with van der Waals surface area (Å²) in [5.41, 5.74) is 3.45. The predicted octanol–water partition coefficient (Wildman–Crippen LogP) is 2.42. The number of aromatic nitrogens is 4. The van der Waals surface area contributed by atoms with Crippen LogP contribution in [0.3, 0.4) is 0 Å². The number of nitrogens with zero attached hydrogens (tertiary/aromatic N) is 3. The van der Waals surface area contributed by atoms with Gasteiger partial charge in [-0.2, -0.15) is 5.10 Å². The molecule has 4 N–H and O–H groups in total. The van der Waals surface area contributed by atoms with E-state index < -0.39 is 17.9 Å². The highest BCUT2D eigenvalue weighted by Gasteiger charge is 2.27. The van der Waals surface area contributed by atoms with Crippen molar-refractivity contribution >= 4 is 46.4 Å². The number of benzene rings is 1. The molecule has 0 radical (unpaired) electrons. The van der Waals surface area contributed by atoms with E-state index in [-0.39, 0.29) is 23.3 Å². The number of fused-ring (bicyclic) bond motifs is 1. The first-order valence-corrected chi connectivity index (χ1v) is 13.3. The summed E-state index contributed by atoms with van der Waals surface area (Å²) in [6.07, 6.45) is 6.10. The molecule has 2 atom stereocenters. The third-order valence-corrected chi connectivity index (χ3v) is 7.32. The Kier molecular flexibility index (Phi) is 8.95. The van der Waals surface area contributed by atoms with Gasteiger partial charge in [0, 0.05) is 18.5 Å². The molecule has 0 bridgehead atoms. The van der Waals surface area contributed by atoms with Crippen LogP contribution in [-0.4, -0.2) is 69.4 Å². The van der Waals surface area contributed by atoms with E-state index >= 15 is 0 Å². The van der Waals surface area contributed by atoms with Crippen LogP contribution in [0.4, 0.5) is 5.95 Å². The van der Waals surface area contributed by atoms with Crippen molar-refractivity contribution in [1.82, 2.24) is 30.8 Å². The van der Waals surface area contributed by atoms with Crippen LogP contribution >= 0.6 is 11.8 Å². The third-order valence-electron chi connectivity index (χ3n) is 6.23. The predicted molar refractivity (Wildman–Crippen MR) is 146 cm³/mol. The number of esters is 1. The minimum Gasteiger partial charge on any atom is -0.467 e. The van der Waals surface area contributed by atoms with Crippen LogP contribution in [0.1, 0.15) is 40.2 Å². The van der Waals surface area contributed by atoms with Gasteiger partial charge in [0.1, 0.15) is 6.04 Å². The summed E-state index contributed by atoms with van der Waals surface area (Å²) in [6, 6.07) is 5.05. The van der Waals surface area contributed by atoms with Crippen molar-refractivity contribution in [1.29, 1.82) is 0 Å². The van der Waals surface area contributed by atoms with E-state index in [4.69, 9.17) is 4.74 Å². The molecule has 3 aromatic rings. The molecule has 1 aliphatic rings. The largest absolute Gasteiger partial charge is 0.467 e. The van der Waals surface area contributed by atoms with Gasteiger partial charge < -0.3 is 20.7 Å². The highest BCUT2D eigenvalue weighted by atomic mass is 32.2. The number of hydrogen-bond donors (Lipinski definition) is 4. The number of nitrogens with one attached hydrogen (secondary N) is 4. The van der Waals surface area contributed by atoms with Crippen molar-refractivity contribution in [3.63, 3.8) is 0 Å². The Labute approximate surface area is 224 Å². The monoisotopic (exact) mass is 537 g/mol. The Morgan fingerprint density at radius 3 is 2.71 bits per heavy atom. The molecule has 0 saturated heterocycles. The van der Waals surface area contributed by atoms with E-state index in [1.165, 1.54) is 24.4 Å². The van der Waals surface area contributed by atoms with Crippen molar-refractivity contribution in [3.8, 4) is 0 Å². The highest BCUT2D eigenvalue weighted by molar-refractivity contribution is 8.03. The topological polar surface area (TPSA) is 151 Å². The smallest absolute Gasteiger partial charge is 0.330 e. The molecule has 1 unspecified atom stereocenters. The number of allylic oxidation sites excluding steroid dienone is 1. The molecule has 38 heavy (non-hydrogen) atoms. The minimum atomic E-state index is -1.05. The molecule has 12 heteroatoms. The van der Waals surface area contributed by atoms with Gasteiger partial charge in [0.05, 0.1) is 41.0 Å². The second-order valence-electron chi connectivity index (χ2n) is 8.90. The maximum Gasteiger partial charge on any atom is 0.330 e. The average Bonchev–Trinajstić information content (AvgIpc) is 3.61. The van der Waals surface area contributed by atoms with Crippen molar-refractivity contribution in [2.75, 3.05) is 25.5 Å². The first kappa shape index (κ1) is 27.1. The van der Waals surface area contributed by atoms with Crippen LogP contribution in [0.2, 0.25) is 0 Å². The number of ether oxygens (including phenoxy) is 1. The van der Waals surface area contributed by atoms with E-state index in [9.17, 15) is 14.4 Å². The fraction of sp³-hybridized carbons (Fsp3) is 0.385. The number of aromatic amines is 1. The van der Waals surface area contributed by atoms with Gasteiger partial charge in [0.25, 0.3) is 5.91 Å². The Bertz CT molecular complexity index is 1330. The molecular weight excluding hydrogens is 506 g/mol. The Morgan fingerprint density at radius 1 is 1.21 bits per heavy atom. The Balaban J connectivity index is 1.33. The second-order valence-corrected chi connectivity index (χ2v) is 10.0. The normalized spacial score (nSPS) is 15.3. The summed E-state index contributed by atoms with van der Waals surface area (Å²) in [4.78, 5) is 46.6. The lowest BCUT2D eigenvalue weighted by molar-refractivity contribution is -0.142. The number of H-pyrrole nitrogens is 1. The molecule has 0 spiro atoms. The number of anilines is 1. The molecule has 3 heterocycles. The van der Waals surface area contributed by atoms with Gasteiger partial charge >= 0.3 is 5.97 Å². The van der Waals surface area contributed by atoms with Crippen molar-refractivity contribution in [3.05, 3.63) is 58.4 Å². The van der Waals surface area contributed by atoms with E-state index in [0.29, 0.717) is 30.3 Å². The maximum atomic E-state index is 13.1. The number of carbonyl (C=O) groups excluding carboxylic acids is 3. The molecule has 0 aliphatic carbocycles. The number of hydrogen-bond acceptors (Lipinski definition) is 9. The fourth-order valence-electron chi connectivity index (χ4n) is 4.29. The van der Waals surface area contributed by atoms with Crippen LogP contribution in [0.5, 0.6) is 0 Å². The SMILES string of the molecule is COC(=O)[C@H](CNC(=O)C1CC=CS1)NC(=O)c1c(C)nc(NCCCc2cccc3[nH]ncc23)nc1C. The maximum absolute atomic E-state index is 13.1. The van der Waals surface area contributed by atoms with Gasteiger partial charge in [0.15, 0.2) is 0 Å². The van der Waals surface area contributed by atoms with Crippen LogP contribution in [0.25, 0.3) is 10.9 Å². The lowest BCUT2D eigenvalue weighted by Gasteiger charge is -2.19. The summed E-state index contributed by atoms with van der Waals surface area (Å²) in [6.45, 7) is 4.00. The van der Waals surface area contributed by atoms with Crippen LogP contribution in [-0.2, 0) is 20.7 Å². The molecule has 4 rings (SSSR count). The molecule has 2 aromatic heterocycles. The van der Waals surface area contributed by atoms with Crippen LogP contribution in [0, 0.1) is 13.8 Å². The molecule has 1 aliphatic heterocycles. The van der Waals surface area contributed by atoms with Crippen LogP contribution < -0.4 is 16.0 Å². The quantitative estimate of drug-likeness (QED) is 0.213. The number of rotatable bonds is 11. The zero-order valence-electron chi connectivity index (χ0n) is 21.5. The van der Waals surface area contributed by atoms with Crippen molar-refractivity contribution in [2.24, 2.45) is 0 Å². The average molecular weight is 538 g/mol. The number of methoxy groups -OCH3 is 1. The molecule has 200 valence electrons. The van der Waals surface area contributed by atoms with Crippen molar-refractivity contribution in [2.45, 2.75) is 44.4 Å². The molecule has 11 nitrogen and oxygen atoms in total. The highest BCUT2D eigenvalue weighted by Crippen LogP contribution is 2.23. The molecular formula is C26H31N7O4S. The van der Waals surface area contributed by atoms with E-state index in [1.54, 1.807) is 13.8 Å². The number of thioether (sulfide) groups is 1. The summed E-state index contributed by atoms with van der Waals surface area (Å²) in [5.74, 6) is -0.939. The Morgan fingerprint density at radius 2 is 2.00 bits per heavy atom. The lowest BCUT2D eigenvalue weighted by Crippen LogP contribution is -2.50. The summed E-state index contributed by atoms with van der Waals surface area (Å²) >= 11 is 1.42. The summed E-state index contributed by atoms with van der Waals surface area (Å²) < 4.78 is 4.82. The molecule has 1 aromatic carbocycles. The van der Waals surface area contributed by atoms with Gasteiger partial charge in [-0.1, -0.05) is 18.2 Å². The van der Waals surface area contributed by atoms with E-state index in [2.05, 4.69) is 42.2 Å². The first-order chi connectivity index (χ1) is 18.4. The summed E-state index contributed by atoms with van der Waals surface area (Å²) in [5, 5.41) is 18.4. The summed E-state index contributed by atoms with van der Waals surface area (Å²) in [7, 11) is 1.23. The van der Waals surface area contributed by atoms with E-state index in [1.807, 2.05) is 29.8 Å². The van der Waals surface area contributed by atoms with Gasteiger partial charge in [-0.15, -0.1) is 11.8 Å². The first-order valence-electron chi connectivity index (χ1n) is 12.3. The van der Waals surface area contributed by atoms with E-state index in [0.717, 1.165) is 23.7 Å². The lowest BCUT2D eigenvalue weighted by atomic mass is 10.1. The molecule has 0 saturated carbocycles.